The third kappa shape index (κ3) is 3.80. The van der Waals surface area contributed by atoms with Gasteiger partial charge in [0.05, 0.1) is 12.7 Å². The molecule has 6 aliphatic rings. The van der Waals surface area contributed by atoms with E-state index in [0.29, 0.717) is 45.6 Å². The Hall–Kier alpha value is -1.42. The molecule has 1 aromatic rings. The van der Waals surface area contributed by atoms with Gasteiger partial charge in [-0.2, -0.15) is 4.57 Å². The summed E-state index contributed by atoms with van der Waals surface area (Å²) in [5.41, 5.74) is 1.81. The van der Waals surface area contributed by atoms with Crippen LogP contribution >= 0.6 is 0 Å². The van der Waals surface area contributed by atoms with E-state index < -0.39 is 0 Å². The van der Waals surface area contributed by atoms with Crippen molar-refractivity contribution in [3.63, 3.8) is 0 Å². The monoisotopic (exact) mass is 562 g/mol. The van der Waals surface area contributed by atoms with Crippen LogP contribution in [0, 0.1) is 56.2 Å². The summed E-state index contributed by atoms with van der Waals surface area (Å²) in [6, 6.07) is 5.92. The zero-order valence-electron chi connectivity index (χ0n) is 27.0. The first-order valence-corrected chi connectivity index (χ1v) is 17.0. The summed E-state index contributed by atoms with van der Waals surface area (Å²) in [6.07, 6.45) is 17.3. The maximum absolute atomic E-state index is 13.1. The van der Waals surface area contributed by atoms with E-state index in [1.807, 2.05) is 35.2 Å². The fraction of sp³-hybridized carbons (Fsp3) is 0.838. The van der Waals surface area contributed by atoms with Gasteiger partial charge in [-0.05, 0) is 115 Å². The molecule has 5 aliphatic carbocycles. The second-order valence-electron chi connectivity index (χ2n) is 17.7. The van der Waals surface area contributed by atoms with E-state index in [0.717, 1.165) is 30.8 Å². The van der Waals surface area contributed by atoms with Crippen LogP contribution in [0.5, 0.6) is 0 Å². The van der Waals surface area contributed by atoms with Crippen LogP contribution in [0.2, 0.25) is 0 Å². The van der Waals surface area contributed by atoms with Gasteiger partial charge < -0.3 is 9.47 Å². The smallest absolute Gasteiger partial charge is 0.372 e. The Morgan fingerprint density at radius 2 is 1.54 bits per heavy atom. The summed E-state index contributed by atoms with van der Waals surface area (Å²) >= 11 is 0. The van der Waals surface area contributed by atoms with Crippen molar-refractivity contribution in [3.05, 3.63) is 30.6 Å². The van der Waals surface area contributed by atoms with Gasteiger partial charge in [-0.15, -0.1) is 0 Å². The summed E-state index contributed by atoms with van der Waals surface area (Å²) in [4.78, 5) is 13.1. The minimum atomic E-state index is -0.0973. The molecule has 7 rings (SSSR count). The molecular weight excluding hydrogens is 506 g/mol. The summed E-state index contributed by atoms with van der Waals surface area (Å²) in [7, 11) is 0. The minimum absolute atomic E-state index is 0.000418. The number of aromatic nitrogens is 1. The molecule has 1 aromatic heterocycles. The second-order valence-corrected chi connectivity index (χ2v) is 17.7. The topological polar surface area (TPSA) is 39.4 Å². The van der Waals surface area contributed by atoms with Crippen LogP contribution in [-0.2, 0) is 20.8 Å². The molecule has 0 amide bonds. The van der Waals surface area contributed by atoms with Crippen molar-refractivity contribution in [2.24, 2.45) is 56.2 Å². The lowest BCUT2D eigenvalue weighted by atomic mass is 9.31. The van der Waals surface area contributed by atoms with Gasteiger partial charge in [-0.1, -0.05) is 54.5 Å². The average molecular weight is 563 g/mol. The molecule has 41 heavy (non-hydrogen) atoms. The Balaban J connectivity index is 1.14. The van der Waals surface area contributed by atoms with Crippen LogP contribution in [0.1, 0.15) is 113 Å². The molecule has 2 bridgehead atoms. The second kappa shape index (κ2) is 9.05. The predicted octanol–water partition coefficient (Wildman–Crippen LogP) is 7.78. The van der Waals surface area contributed by atoms with Crippen molar-refractivity contribution in [3.8, 4) is 0 Å². The average Bonchev–Trinajstić information content (AvgIpc) is 3.25. The largest absolute Gasteiger partial charge is 0.457 e. The molecule has 0 spiro atoms. The lowest BCUT2D eigenvalue weighted by Gasteiger charge is -2.73. The number of fused-ring (bicyclic) bond motifs is 5. The van der Waals surface area contributed by atoms with Crippen LogP contribution in [0.15, 0.2) is 30.6 Å². The Labute approximate surface area is 249 Å². The summed E-state index contributed by atoms with van der Waals surface area (Å²) < 4.78 is 15.0. The quantitative estimate of drug-likeness (QED) is 0.279. The zero-order chi connectivity index (χ0) is 29.1. The molecule has 8 unspecified atom stereocenters. The molecule has 0 radical (unpaired) electrons. The SMILES string of the molecule is CC1(C)C(OC(=O)C[n+]2ccccc2)CCC2(C)C1CCC1(C)C2CCC2C3[C@H]4OCC3(CCC4(C)C)CC[C@]21C. The number of carbonyl (C=O) groups is 1. The van der Waals surface area contributed by atoms with Gasteiger partial charge in [0.15, 0.2) is 12.4 Å². The third-order valence-corrected chi connectivity index (χ3v) is 15.4. The van der Waals surface area contributed by atoms with Crippen LogP contribution < -0.4 is 4.57 Å². The summed E-state index contributed by atoms with van der Waals surface area (Å²) in [6.45, 7) is 19.3. The molecular formula is C37H56NO3+. The lowest BCUT2D eigenvalue weighted by Crippen LogP contribution is -2.68. The van der Waals surface area contributed by atoms with E-state index in [-0.39, 0.29) is 17.5 Å². The zero-order valence-corrected chi connectivity index (χ0v) is 27.0. The van der Waals surface area contributed by atoms with Crippen molar-refractivity contribution < 1.29 is 18.8 Å². The number of carbonyl (C=O) groups excluding carboxylic acids is 1. The molecule has 4 nitrogen and oxygen atoms in total. The van der Waals surface area contributed by atoms with E-state index in [1.165, 1.54) is 57.8 Å². The normalized spacial score (nSPS) is 49.1. The molecule has 10 atom stereocenters. The fourth-order valence-electron chi connectivity index (χ4n) is 13.0. The molecule has 4 heteroatoms. The number of ether oxygens (including phenoxy) is 2. The fourth-order valence-corrected chi connectivity index (χ4v) is 13.0. The van der Waals surface area contributed by atoms with E-state index in [4.69, 9.17) is 9.47 Å². The van der Waals surface area contributed by atoms with Gasteiger partial charge in [0.2, 0.25) is 6.54 Å². The Kier molecular flexibility index (Phi) is 6.26. The van der Waals surface area contributed by atoms with Crippen molar-refractivity contribution in [2.45, 2.75) is 131 Å². The highest BCUT2D eigenvalue weighted by atomic mass is 16.5. The van der Waals surface area contributed by atoms with Gasteiger partial charge in [0, 0.05) is 17.5 Å². The minimum Gasteiger partial charge on any atom is -0.457 e. The number of pyridine rings is 1. The lowest BCUT2D eigenvalue weighted by molar-refractivity contribution is -0.686. The Morgan fingerprint density at radius 1 is 0.805 bits per heavy atom. The predicted molar refractivity (Wildman–Crippen MR) is 161 cm³/mol. The molecule has 0 aromatic carbocycles. The van der Waals surface area contributed by atoms with Crippen molar-refractivity contribution in [1.29, 1.82) is 0 Å². The van der Waals surface area contributed by atoms with Gasteiger partial charge in [-0.3, -0.25) is 0 Å². The molecule has 2 heterocycles. The van der Waals surface area contributed by atoms with Gasteiger partial charge in [0.25, 0.3) is 0 Å². The van der Waals surface area contributed by atoms with Gasteiger partial charge >= 0.3 is 5.97 Å². The van der Waals surface area contributed by atoms with Crippen LogP contribution in [0.4, 0.5) is 0 Å². The first-order chi connectivity index (χ1) is 19.3. The molecule has 0 N–H and O–H groups in total. The van der Waals surface area contributed by atoms with Gasteiger partial charge in [0.1, 0.15) is 6.10 Å². The van der Waals surface area contributed by atoms with Crippen LogP contribution in [-0.4, -0.2) is 24.8 Å². The Morgan fingerprint density at radius 3 is 2.29 bits per heavy atom. The highest BCUT2D eigenvalue weighted by Crippen LogP contribution is 2.78. The Bertz CT molecular complexity index is 1190. The highest BCUT2D eigenvalue weighted by Gasteiger charge is 2.72. The van der Waals surface area contributed by atoms with Crippen molar-refractivity contribution in [2.75, 3.05) is 6.61 Å². The highest BCUT2D eigenvalue weighted by molar-refractivity contribution is 5.68. The molecule has 1 saturated heterocycles. The third-order valence-electron chi connectivity index (χ3n) is 15.4. The maximum Gasteiger partial charge on any atom is 0.372 e. The molecule has 6 fully saturated rings. The van der Waals surface area contributed by atoms with Crippen molar-refractivity contribution in [1.82, 2.24) is 0 Å². The number of hydrogen-bond acceptors (Lipinski definition) is 3. The number of esters is 1. The van der Waals surface area contributed by atoms with Crippen LogP contribution in [0.25, 0.3) is 0 Å². The molecule has 1 aliphatic heterocycles. The first kappa shape index (κ1) is 28.4. The standard InChI is InChI=1S/C37H56NO3/c1-32(2)17-19-37-20-18-35(6)25(30(37)31(32)40-24-37)11-12-27-34(5)15-14-28(33(3,4)26(34)13-16-36(27,35)7)41-29(39)23-38-21-9-8-10-22-38/h8-10,21-22,25-28,30-31H,11-20,23-24H2,1-7H3/q+1/t25?,26?,27?,28?,30?,31-,34?,35-,36?,37?/m1/s1. The molecule has 226 valence electrons. The summed E-state index contributed by atoms with van der Waals surface area (Å²) in [5, 5.41) is 0. The number of nitrogens with zero attached hydrogens (tertiary/aromatic N) is 1. The van der Waals surface area contributed by atoms with E-state index >= 15 is 0 Å². The summed E-state index contributed by atoms with van der Waals surface area (Å²) in [5.74, 6) is 2.79. The van der Waals surface area contributed by atoms with E-state index in [2.05, 4.69) is 48.5 Å². The number of hydrogen-bond donors (Lipinski definition) is 0. The maximum atomic E-state index is 13.1. The van der Waals surface area contributed by atoms with E-state index in [9.17, 15) is 4.79 Å². The number of rotatable bonds is 3. The van der Waals surface area contributed by atoms with Crippen molar-refractivity contribution >= 4 is 5.97 Å². The molecule has 5 saturated carbocycles. The van der Waals surface area contributed by atoms with Gasteiger partial charge in [-0.25, -0.2) is 4.79 Å². The first-order valence-electron chi connectivity index (χ1n) is 17.0. The van der Waals surface area contributed by atoms with E-state index in [1.54, 1.807) is 0 Å². The van der Waals surface area contributed by atoms with Crippen LogP contribution in [0.3, 0.4) is 0 Å².